The first-order valence-corrected chi connectivity index (χ1v) is 10.0. The first kappa shape index (κ1) is 17.4. The van der Waals surface area contributed by atoms with Crippen LogP contribution in [0.3, 0.4) is 0 Å². The molecule has 3 aromatic rings. The summed E-state index contributed by atoms with van der Waals surface area (Å²) in [6.07, 6.45) is 9.42. The van der Waals surface area contributed by atoms with Crippen molar-refractivity contribution in [1.82, 2.24) is 24.9 Å². The number of methoxy groups -OCH3 is 1. The molecule has 28 heavy (non-hydrogen) atoms. The largest absolute Gasteiger partial charge is 0.497 e. The summed E-state index contributed by atoms with van der Waals surface area (Å²) in [4.78, 5) is 6.93. The zero-order valence-corrected chi connectivity index (χ0v) is 16.1. The first-order chi connectivity index (χ1) is 13.8. The Kier molecular flexibility index (Phi) is 4.56. The normalized spacial score (nSPS) is 26.3. The molecule has 0 aliphatic carbocycles. The highest BCUT2D eigenvalue weighted by Crippen LogP contribution is 2.41. The summed E-state index contributed by atoms with van der Waals surface area (Å²) in [5.74, 6) is 1.50. The summed E-state index contributed by atoms with van der Waals surface area (Å²) >= 11 is 0. The molecular formula is C22H25N5O. The van der Waals surface area contributed by atoms with Crippen molar-refractivity contribution in [2.75, 3.05) is 20.2 Å². The van der Waals surface area contributed by atoms with Crippen molar-refractivity contribution < 1.29 is 4.74 Å². The van der Waals surface area contributed by atoms with Crippen molar-refractivity contribution in [1.29, 1.82) is 0 Å². The van der Waals surface area contributed by atoms with Gasteiger partial charge in [-0.05, 0) is 62.0 Å². The number of fused-ring (bicyclic) bond motifs is 3. The average Bonchev–Trinajstić information content (AvgIpc) is 3.25. The minimum absolute atomic E-state index is 0.356. The lowest BCUT2D eigenvalue weighted by atomic mass is 9.77. The van der Waals surface area contributed by atoms with Gasteiger partial charge in [0.25, 0.3) is 0 Å². The smallest absolute Gasteiger partial charge is 0.119 e. The molecule has 0 saturated carbocycles. The lowest BCUT2D eigenvalue weighted by Crippen LogP contribution is -2.56. The zero-order valence-electron chi connectivity index (χ0n) is 16.1. The van der Waals surface area contributed by atoms with E-state index in [0.717, 1.165) is 23.4 Å². The van der Waals surface area contributed by atoms with Crippen LogP contribution in [0.15, 0.2) is 55.0 Å². The average molecular weight is 375 g/mol. The molecule has 6 nitrogen and oxygen atoms in total. The Labute approximate surface area is 165 Å². The molecule has 1 aromatic carbocycles. The molecule has 0 amide bonds. The summed E-state index contributed by atoms with van der Waals surface area (Å²) in [6, 6.07) is 13.0. The van der Waals surface area contributed by atoms with Gasteiger partial charge >= 0.3 is 0 Å². The number of pyridine rings is 1. The van der Waals surface area contributed by atoms with E-state index in [4.69, 9.17) is 4.74 Å². The molecule has 5 heterocycles. The number of nitrogens with zero attached hydrogens (tertiary/aromatic N) is 5. The molecule has 3 saturated heterocycles. The number of benzene rings is 1. The predicted molar refractivity (Wildman–Crippen MR) is 107 cm³/mol. The Bertz CT molecular complexity index is 933. The van der Waals surface area contributed by atoms with Gasteiger partial charge in [0.05, 0.1) is 19.3 Å². The Morgan fingerprint density at radius 2 is 2.04 bits per heavy atom. The van der Waals surface area contributed by atoms with Gasteiger partial charge in [-0.3, -0.25) is 9.88 Å². The third kappa shape index (κ3) is 3.18. The minimum atomic E-state index is 0.356. The van der Waals surface area contributed by atoms with Gasteiger partial charge in [-0.15, -0.1) is 5.10 Å². The van der Waals surface area contributed by atoms with E-state index < -0.39 is 0 Å². The Morgan fingerprint density at radius 1 is 1.14 bits per heavy atom. The molecule has 3 aliphatic rings. The van der Waals surface area contributed by atoms with Gasteiger partial charge in [-0.25, -0.2) is 4.68 Å². The second-order valence-corrected chi connectivity index (χ2v) is 7.81. The molecule has 6 heteroatoms. The van der Waals surface area contributed by atoms with Crippen molar-refractivity contribution in [3.05, 3.63) is 60.6 Å². The molecule has 1 unspecified atom stereocenters. The number of rotatable bonds is 5. The van der Waals surface area contributed by atoms with Crippen molar-refractivity contribution >= 4 is 0 Å². The first-order valence-electron chi connectivity index (χ1n) is 10.0. The summed E-state index contributed by atoms with van der Waals surface area (Å²) < 4.78 is 7.47. The van der Waals surface area contributed by atoms with E-state index in [2.05, 4.69) is 43.2 Å². The van der Waals surface area contributed by atoms with E-state index in [-0.39, 0.29) is 0 Å². The summed E-state index contributed by atoms with van der Waals surface area (Å²) in [6.45, 7) is 2.37. The number of ether oxygens (including phenoxy) is 1. The van der Waals surface area contributed by atoms with Crippen LogP contribution in [0.25, 0.3) is 11.3 Å². The predicted octanol–water partition coefficient (Wildman–Crippen LogP) is 3.23. The Balaban J connectivity index is 1.45. The molecule has 0 radical (unpaired) electrons. The topological polar surface area (TPSA) is 56.1 Å². The van der Waals surface area contributed by atoms with Gasteiger partial charge in [0.2, 0.25) is 0 Å². The second kappa shape index (κ2) is 7.36. The minimum Gasteiger partial charge on any atom is -0.497 e. The number of piperidine rings is 3. The maximum atomic E-state index is 5.36. The molecule has 2 bridgehead atoms. The second-order valence-electron chi connectivity index (χ2n) is 7.81. The van der Waals surface area contributed by atoms with E-state index in [0.29, 0.717) is 18.0 Å². The van der Waals surface area contributed by atoms with Crippen LogP contribution >= 0.6 is 0 Å². The SMILES string of the molecule is COc1cccc(-c2cn([C@@H]3C4CCN(CC4)C3Cc3cccnc3)nn2)c1. The molecule has 3 aliphatic heterocycles. The quantitative estimate of drug-likeness (QED) is 0.685. The number of hydrogen-bond acceptors (Lipinski definition) is 5. The zero-order chi connectivity index (χ0) is 18.9. The number of aromatic nitrogens is 4. The molecule has 2 atom stereocenters. The van der Waals surface area contributed by atoms with Crippen LogP contribution in [0.2, 0.25) is 0 Å². The molecule has 3 fully saturated rings. The van der Waals surface area contributed by atoms with Gasteiger partial charge in [0.15, 0.2) is 0 Å². The van der Waals surface area contributed by atoms with Crippen LogP contribution in [-0.4, -0.2) is 51.1 Å². The molecule has 0 N–H and O–H groups in total. The maximum absolute atomic E-state index is 5.36. The Morgan fingerprint density at radius 3 is 2.82 bits per heavy atom. The molecule has 2 aromatic heterocycles. The van der Waals surface area contributed by atoms with Crippen LogP contribution in [0, 0.1) is 5.92 Å². The fourth-order valence-corrected chi connectivity index (χ4v) is 4.86. The monoisotopic (exact) mass is 375 g/mol. The van der Waals surface area contributed by atoms with Crippen LogP contribution in [0.1, 0.15) is 24.4 Å². The number of hydrogen-bond donors (Lipinski definition) is 0. The van der Waals surface area contributed by atoms with Gasteiger partial charge < -0.3 is 4.74 Å². The fourth-order valence-electron chi connectivity index (χ4n) is 4.86. The van der Waals surface area contributed by atoms with Gasteiger partial charge in [0, 0.05) is 24.0 Å². The van der Waals surface area contributed by atoms with E-state index >= 15 is 0 Å². The fraction of sp³-hybridized carbons (Fsp3) is 0.409. The third-order valence-electron chi connectivity index (χ3n) is 6.27. The van der Waals surface area contributed by atoms with E-state index in [9.17, 15) is 0 Å². The third-order valence-corrected chi connectivity index (χ3v) is 6.27. The van der Waals surface area contributed by atoms with E-state index in [1.54, 1.807) is 7.11 Å². The molecule has 144 valence electrons. The lowest BCUT2D eigenvalue weighted by Gasteiger charge is -2.50. The van der Waals surface area contributed by atoms with Crippen LogP contribution in [0.4, 0.5) is 0 Å². The van der Waals surface area contributed by atoms with Gasteiger partial charge in [0.1, 0.15) is 11.4 Å². The van der Waals surface area contributed by atoms with E-state index in [1.807, 2.05) is 36.7 Å². The van der Waals surface area contributed by atoms with Crippen LogP contribution in [-0.2, 0) is 6.42 Å². The van der Waals surface area contributed by atoms with E-state index in [1.165, 1.54) is 31.5 Å². The summed E-state index contributed by atoms with van der Waals surface area (Å²) in [5, 5.41) is 9.05. The van der Waals surface area contributed by atoms with Crippen molar-refractivity contribution in [3.63, 3.8) is 0 Å². The Hall–Kier alpha value is -2.73. The highest BCUT2D eigenvalue weighted by molar-refractivity contribution is 5.59. The lowest BCUT2D eigenvalue weighted by molar-refractivity contribution is -0.00849. The maximum Gasteiger partial charge on any atom is 0.119 e. The highest BCUT2D eigenvalue weighted by Gasteiger charge is 2.43. The van der Waals surface area contributed by atoms with Gasteiger partial charge in [-0.1, -0.05) is 23.4 Å². The summed E-state index contributed by atoms with van der Waals surface area (Å²) in [7, 11) is 1.69. The molecular weight excluding hydrogens is 350 g/mol. The van der Waals surface area contributed by atoms with Crippen LogP contribution < -0.4 is 4.74 Å². The molecule has 6 rings (SSSR count). The van der Waals surface area contributed by atoms with Crippen molar-refractivity contribution in [2.24, 2.45) is 5.92 Å². The van der Waals surface area contributed by atoms with Gasteiger partial charge in [-0.2, -0.15) is 0 Å². The summed E-state index contributed by atoms with van der Waals surface area (Å²) in [5.41, 5.74) is 3.23. The highest BCUT2D eigenvalue weighted by atomic mass is 16.5. The van der Waals surface area contributed by atoms with Crippen LogP contribution in [0.5, 0.6) is 5.75 Å². The standard InChI is InChI=1S/C22H25N5O/c1-28-19-6-2-5-18(13-19)20-15-27(25-24-20)22-17-7-10-26(11-8-17)21(22)12-16-4-3-9-23-14-16/h2-6,9,13-15,17,21-22H,7-8,10-12H2,1H3/t21?,22-/m1/s1. The van der Waals surface area contributed by atoms with Crippen molar-refractivity contribution in [2.45, 2.75) is 31.3 Å². The van der Waals surface area contributed by atoms with Crippen molar-refractivity contribution in [3.8, 4) is 17.0 Å². The molecule has 0 spiro atoms.